The van der Waals surface area contributed by atoms with Crippen LogP contribution in [0.1, 0.15) is 32.3 Å². The standard InChI is InChI=1S/C16H25N3O/c1-11(2)14-8-13(19-6-4-17-5-7-19)9-15-16(14)20-12(3)10-18-15/h8-9,11-12,17-18H,4-7,10H2,1-3H3. The van der Waals surface area contributed by atoms with Crippen molar-refractivity contribution in [2.75, 3.05) is 42.9 Å². The number of hydrogen-bond donors (Lipinski definition) is 2. The fourth-order valence-electron chi connectivity index (χ4n) is 2.93. The van der Waals surface area contributed by atoms with E-state index in [4.69, 9.17) is 4.74 Å². The van der Waals surface area contributed by atoms with Crippen molar-refractivity contribution in [3.8, 4) is 5.75 Å². The molecule has 110 valence electrons. The third-order valence-electron chi connectivity index (χ3n) is 4.11. The van der Waals surface area contributed by atoms with Crippen LogP contribution in [0.25, 0.3) is 0 Å². The van der Waals surface area contributed by atoms with Gasteiger partial charge in [0.15, 0.2) is 0 Å². The molecule has 2 heterocycles. The average Bonchev–Trinajstić information content (AvgIpc) is 2.47. The normalized spacial score (nSPS) is 22.2. The topological polar surface area (TPSA) is 36.5 Å². The molecule has 0 aliphatic carbocycles. The first-order valence-electron chi connectivity index (χ1n) is 7.69. The summed E-state index contributed by atoms with van der Waals surface area (Å²) in [5, 5.41) is 6.93. The van der Waals surface area contributed by atoms with Crippen molar-refractivity contribution in [3.05, 3.63) is 17.7 Å². The van der Waals surface area contributed by atoms with Crippen LogP contribution >= 0.6 is 0 Å². The van der Waals surface area contributed by atoms with E-state index in [1.54, 1.807) is 0 Å². The van der Waals surface area contributed by atoms with Gasteiger partial charge in [-0.3, -0.25) is 0 Å². The largest absolute Gasteiger partial charge is 0.486 e. The van der Waals surface area contributed by atoms with Gasteiger partial charge < -0.3 is 20.3 Å². The second-order valence-electron chi connectivity index (χ2n) is 6.11. The Balaban J connectivity index is 1.98. The summed E-state index contributed by atoms with van der Waals surface area (Å²) >= 11 is 0. The highest BCUT2D eigenvalue weighted by Gasteiger charge is 2.23. The number of piperazine rings is 1. The van der Waals surface area contributed by atoms with Crippen LogP contribution in [0.5, 0.6) is 5.75 Å². The van der Waals surface area contributed by atoms with Gasteiger partial charge >= 0.3 is 0 Å². The molecule has 4 heteroatoms. The molecule has 0 amide bonds. The van der Waals surface area contributed by atoms with Crippen LogP contribution in [0.2, 0.25) is 0 Å². The van der Waals surface area contributed by atoms with E-state index in [0.29, 0.717) is 5.92 Å². The Labute approximate surface area is 121 Å². The number of rotatable bonds is 2. The molecule has 2 aliphatic rings. The Kier molecular flexibility index (Phi) is 3.74. The van der Waals surface area contributed by atoms with Gasteiger partial charge in [-0.1, -0.05) is 13.8 Å². The number of fused-ring (bicyclic) bond motifs is 1. The second-order valence-corrected chi connectivity index (χ2v) is 6.11. The van der Waals surface area contributed by atoms with Gasteiger partial charge in [0.05, 0.1) is 12.2 Å². The number of nitrogens with zero attached hydrogens (tertiary/aromatic N) is 1. The molecular weight excluding hydrogens is 250 g/mol. The summed E-state index contributed by atoms with van der Waals surface area (Å²) < 4.78 is 6.07. The molecule has 0 aromatic heterocycles. The van der Waals surface area contributed by atoms with Gasteiger partial charge in [0, 0.05) is 37.4 Å². The van der Waals surface area contributed by atoms with E-state index in [-0.39, 0.29) is 6.10 Å². The summed E-state index contributed by atoms with van der Waals surface area (Å²) in [5.74, 6) is 1.52. The first-order valence-corrected chi connectivity index (χ1v) is 7.69. The summed E-state index contributed by atoms with van der Waals surface area (Å²) in [4.78, 5) is 2.46. The number of benzene rings is 1. The van der Waals surface area contributed by atoms with Crippen LogP contribution in [-0.4, -0.2) is 38.8 Å². The Morgan fingerprint density at radius 3 is 2.70 bits per heavy atom. The van der Waals surface area contributed by atoms with E-state index in [2.05, 4.69) is 48.4 Å². The Hall–Kier alpha value is -1.42. The summed E-state index contributed by atoms with van der Waals surface area (Å²) in [6, 6.07) is 4.56. The Morgan fingerprint density at radius 1 is 1.25 bits per heavy atom. The predicted octanol–water partition coefficient (Wildman–Crippen LogP) is 2.41. The molecule has 20 heavy (non-hydrogen) atoms. The fourth-order valence-corrected chi connectivity index (χ4v) is 2.93. The maximum atomic E-state index is 6.07. The van der Waals surface area contributed by atoms with Crippen molar-refractivity contribution < 1.29 is 4.74 Å². The monoisotopic (exact) mass is 275 g/mol. The number of nitrogens with one attached hydrogen (secondary N) is 2. The first kappa shape index (κ1) is 13.6. The van der Waals surface area contributed by atoms with Gasteiger partial charge in [-0.15, -0.1) is 0 Å². The highest BCUT2D eigenvalue weighted by molar-refractivity contribution is 5.70. The zero-order chi connectivity index (χ0) is 14.1. The van der Waals surface area contributed by atoms with Crippen LogP contribution in [0.15, 0.2) is 12.1 Å². The van der Waals surface area contributed by atoms with Crippen molar-refractivity contribution in [3.63, 3.8) is 0 Å². The van der Waals surface area contributed by atoms with Gasteiger partial charge in [-0.05, 0) is 25.0 Å². The van der Waals surface area contributed by atoms with Crippen molar-refractivity contribution in [2.24, 2.45) is 0 Å². The molecule has 2 N–H and O–H groups in total. The van der Waals surface area contributed by atoms with Crippen molar-refractivity contribution in [1.29, 1.82) is 0 Å². The van der Waals surface area contributed by atoms with Crippen LogP contribution in [0, 0.1) is 0 Å². The summed E-state index contributed by atoms with van der Waals surface area (Å²) in [5.41, 5.74) is 3.79. The van der Waals surface area contributed by atoms with Gasteiger partial charge in [-0.2, -0.15) is 0 Å². The molecule has 0 saturated carbocycles. The lowest BCUT2D eigenvalue weighted by Gasteiger charge is -2.33. The smallest absolute Gasteiger partial charge is 0.146 e. The zero-order valence-corrected chi connectivity index (χ0v) is 12.7. The summed E-state index contributed by atoms with van der Waals surface area (Å²) in [6.45, 7) is 11.8. The van der Waals surface area contributed by atoms with Crippen LogP contribution in [0.4, 0.5) is 11.4 Å². The first-order chi connectivity index (χ1) is 9.65. The lowest BCUT2D eigenvalue weighted by Crippen LogP contribution is -2.43. The summed E-state index contributed by atoms with van der Waals surface area (Å²) in [6.07, 6.45) is 0.241. The van der Waals surface area contributed by atoms with E-state index in [9.17, 15) is 0 Å². The summed E-state index contributed by atoms with van der Waals surface area (Å²) in [7, 11) is 0. The number of anilines is 2. The third-order valence-corrected chi connectivity index (χ3v) is 4.11. The molecule has 1 saturated heterocycles. The molecule has 1 aromatic rings. The van der Waals surface area contributed by atoms with E-state index in [0.717, 1.165) is 44.2 Å². The maximum Gasteiger partial charge on any atom is 0.146 e. The molecule has 2 aliphatic heterocycles. The molecule has 1 fully saturated rings. The third kappa shape index (κ3) is 2.57. The Morgan fingerprint density at radius 2 is 2.00 bits per heavy atom. The Bertz CT molecular complexity index is 481. The number of hydrogen-bond acceptors (Lipinski definition) is 4. The molecule has 0 radical (unpaired) electrons. The van der Waals surface area contributed by atoms with Crippen molar-refractivity contribution >= 4 is 11.4 Å². The van der Waals surface area contributed by atoms with Crippen LogP contribution in [-0.2, 0) is 0 Å². The van der Waals surface area contributed by atoms with Gasteiger partial charge in [0.25, 0.3) is 0 Å². The quantitative estimate of drug-likeness (QED) is 0.869. The van der Waals surface area contributed by atoms with Crippen molar-refractivity contribution in [2.45, 2.75) is 32.8 Å². The van der Waals surface area contributed by atoms with Crippen LogP contribution in [0.3, 0.4) is 0 Å². The van der Waals surface area contributed by atoms with Gasteiger partial charge in [0.2, 0.25) is 0 Å². The molecule has 1 atom stereocenters. The highest BCUT2D eigenvalue weighted by atomic mass is 16.5. The molecule has 0 spiro atoms. The van der Waals surface area contributed by atoms with Crippen LogP contribution < -0.4 is 20.3 Å². The van der Waals surface area contributed by atoms with Crippen molar-refractivity contribution in [1.82, 2.24) is 5.32 Å². The molecule has 1 aromatic carbocycles. The lowest BCUT2D eigenvalue weighted by atomic mass is 9.98. The zero-order valence-electron chi connectivity index (χ0n) is 12.7. The number of ether oxygens (including phenoxy) is 1. The molecular formula is C16H25N3O. The molecule has 3 rings (SSSR count). The van der Waals surface area contributed by atoms with E-state index < -0.39 is 0 Å². The maximum absolute atomic E-state index is 6.07. The minimum Gasteiger partial charge on any atom is -0.486 e. The van der Waals surface area contributed by atoms with E-state index >= 15 is 0 Å². The van der Waals surface area contributed by atoms with Gasteiger partial charge in [0.1, 0.15) is 11.9 Å². The molecule has 4 nitrogen and oxygen atoms in total. The fraction of sp³-hybridized carbons (Fsp3) is 0.625. The second kappa shape index (κ2) is 5.52. The lowest BCUT2D eigenvalue weighted by molar-refractivity contribution is 0.223. The molecule has 1 unspecified atom stereocenters. The minimum atomic E-state index is 0.241. The predicted molar refractivity (Wildman–Crippen MR) is 84.2 cm³/mol. The highest BCUT2D eigenvalue weighted by Crippen LogP contribution is 2.40. The van der Waals surface area contributed by atoms with E-state index in [1.165, 1.54) is 11.3 Å². The molecule has 0 bridgehead atoms. The van der Waals surface area contributed by atoms with Gasteiger partial charge in [-0.25, -0.2) is 0 Å². The van der Waals surface area contributed by atoms with E-state index in [1.807, 2.05) is 0 Å². The average molecular weight is 275 g/mol. The SMILES string of the molecule is CC1CNc2cc(N3CCNCC3)cc(C(C)C)c2O1. The minimum absolute atomic E-state index is 0.241.